The van der Waals surface area contributed by atoms with Crippen LogP contribution in [0.4, 0.5) is 5.69 Å². The van der Waals surface area contributed by atoms with Crippen LogP contribution in [0.25, 0.3) is 0 Å². The molecule has 0 saturated heterocycles. The highest BCUT2D eigenvalue weighted by atomic mass is 32.2. The number of nitro benzene ring substituents is 1. The molecular formula is C13H16N2O7S. The van der Waals surface area contributed by atoms with Crippen LogP contribution in [0.2, 0.25) is 0 Å². The van der Waals surface area contributed by atoms with E-state index in [-0.39, 0.29) is 5.56 Å². The maximum absolute atomic E-state index is 12.1. The summed E-state index contributed by atoms with van der Waals surface area (Å²) >= 11 is 0. The fourth-order valence-corrected chi connectivity index (χ4v) is 2.45. The molecule has 9 nitrogen and oxygen atoms in total. The minimum Gasteiger partial charge on any atom is -0.480 e. The van der Waals surface area contributed by atoms with E-state index in [1.807, 2.05) is 0 Å². The van der Waals surface area contributed by atoms with Gasteiger partial charge in [0.15, 0.2) is 9.84 Å². The summed E-state index contributed by atoms with van der Waals surface area (Å²) < 4.78 is 23.1. The van der Waals surface area contributed by atoms with Gasteiger partial charge in [-0.15, -0.1) is 0 Å². The van der Waals surface area contributed by atoms with Crippen LogP contribution in [-0.2, 0) is 14.6 Å². The highest BCUT2D eigenvalue weighted by Gasteiger charge is 2.26. The molecule has 10 heteroatoms. The summed E-state index contributed by atoms with van der Waals surface area (Å²) in [5.74, 6) is -2.59. The van der Waals surface area contributed by atoms with E-state index in [9.17, 15) is 28.1 Å². The first kappa shape index (κ1) is 18.6. The molecule has 0 aliphatic rings. The zero-order valence-electron chi connectivity index (χ0n) is 12.6. The second-order valence-electron chi connectivity index (χ2n) is 5.28. The first-order valence-corrected chi connectivity index (χ1v) is 8.36. The van der Waals surface area contributed by atoms with Gasteiger partial charge in [0, 0.05) is 24.0 Å². The first-order chi connectivity index (χ1) is 10.4. The largest absolute Gasteiger partial charge is 0.480 e. The van der Waals surface area contributed by atoms with Crippen molar-refractivity contribution in [3.63, 3.8) is 0 Å². The van der Waals surface area contributed by atoms with Crippen molar-refractivity contribution in [3.05, 3.63) is 33.9 Å². The lowest BCUT2D eigenvalue weighted by molar-refractivity contribution is -0.385. The Morgan fingerprint density at radius 2 is 1.83 bits per heavy atom. The summed E-state index contributed by atoms with van der Waals surface area (Å²) in [5.41, 5.74) is -0.874. The van der Waals surface area contributed by atoms with Crippen LogP contribution in [0, 0.1) is 16.0 Å². The fourth-order valence-electron chi connectivity index (χ4n) is 1.77. The number of carboxylic acid groups (broad SMARTS) is 1. The number of nitrogens with one attached hydrogen (secondary N) is 1. The molecule has 1 rings (SSSR count). The molecule has 0 spiro atoms. The standard InChI is InChI=1S/C13H16N2O7S/c1-7(2)11(13(17)18)14-12(16)8-4-9(15(19)20)6-10(5-8)23(3,21)22/h4-7,11H,1-3H3,(H,14,16)(H,17,18). The number of nitrogens with zero attached hydrogens (tertiary/aromatic N) is 1. The van der Waals surface area contributed by atoms with Crippen molar-refractivity contribution >= 4 is 27.4 Å². The molecule has 23 heavy (non-hydrogen) atoms. The van der Waals surface area contributed by atoms with Gasteiger partial charge in [-0.1, -0.05) is 13.8 Å². The molecule has 0 bridgehead atoms. The van der Waals surface area contributed by atoms with Gasteiger partial charge in [0.25, 0.3) is 11.6 Å². The maximum Gasteiger partial charge on any atom is 0.326 e. The number of non-ortho nitro benzene ring substituents is 1. The number of nitro groups is 1. The molecular weight excluding hydrogens is 328 g/mol. The van der Waals surface area contributed by atoms with Gasteiger partial charge in [0.2, 0.25) is 0 Å². The topological polar surface area (TPSA) is 144 Å². The average molecular weight is 344 g/mol. The predicted molar refractivity (Wildman–Crippen MR) is 79.9 cm³/mol. The van der Waals surface area contributed by atoms with E-state index in [2.05, 4.69) is 5.32 Å². The van der Waals surface area contributed by atoms with Crippen LogP contribution >= 0.6 is 0 Å². The Morgan fingerprint density at radius 1 is 1.26 bits per heavy atom. The Bertz CT molecular complexity index is 756. The number of rotatable bonds is 6. The van der Waals surface area contributed by atoms with Gasteiger partial charge in [-0.05, 0) is 12.0 Å². The fraction of sp³-hybridized carbons (Fsp3) is 0.385. The van der Waals surface area contributed by atoms with Crippen molar-refractivity contribution in [2.45, 2.75) is 24.8 Å². The summed E-state index contributed by atoms with van der Waals surface area (Å²) in [4.78, 5) is 32.9. The van der Waals surface area contributed by atoms with Crippen LogP contribution in [0.15, 0.2) is 23.1 Å². The van der Waals surface area contributed by atoms with E-state index >= 15 is 0 Å². The van der Waals surface area contributed by atoms with Gasteiger partial charge in [-0.2, -0.15) is 0 Å². The second-order valence-corrected chi connectivity index (χ2v) is 7.29. The first-order valence-electron chi connectivity index (χ1n) is 6.46. The lowest BCUT2D eigenvalue weighted by atomic mass is 10.0. The van der Waals surface area contributed by atoms with E-state index in [1.54, 1.807) is 13.8 Å². The number of benzene rings is 1. The van der Waals surface area contributed by atoms with Crippen molar-refractivity contribution in [1.82, 2.24) is 5.32 Å². The van der Waals surface area contributed by atoms with E-state index < -0.39 is 49.2 Å². The maximum atomic E-state index is 12.1. The molecule has 0 aromatic heterocycles. The van der Waals surface area contributed by atoms with Gasteiger partial charge >= 0.3 is 5.97 Å². The minimum absolute atomic E-state index is 0.300. The van der Waals surface area contributed by atoms with E-state index in [1.165, 1.54) is 0 Å². The Kier molecular flexibility index (Phi) is 5.43. The summed E-state index contributed by atoms with van der Waals surface area (Å²) in [7, 11) is -3.78. The van der Waals surface area contributed by atoms with Gasteiger partial charge in [-0.25, -0.2) is 13.2 Å². The van der Waals surface area contributed by atoms with E-state index in [4.69, 9.17) is 5.11 Å². The third-order valence-electron chi connectivity index (χ3n) is 3.01. The van der Waals surface area contributed by atoms with E-state index in [0.717, 1.165) is 24.5 Å². The summed E-state index contributed by atoms with van der Waals surface area (Å²) in [6.45, 7) is 3.16. The molecule has 0 aliphatic carbocycles. The molecule has 0 radical (unpaired) electrons. The number of carbonyl (C=O) groups excluding carboxylic acids is 1. The number of hydrogen-bond donors (Lipinski definition) is 2. The van der Waals surface area contributed by atoms with Gasteiger partial charge < -0.3 is 10.4 Å². The van der Waals surface area contributed by atoms with Crippen molar-refractivity contribution in [3.8, 4) is 0 Å². The third kappa shape index (κ3) is 4.74. The number of sulfone groups is 1. The van der Waals surface area contributed by atoms with E-state index in [0.29, 0.717) is 0 Å². The third-order valence-corrected chi connectivity index (χ3v) is 4.10. The summed E-state index contributed by atoms with van der Waals surface area (Å²) in [6, 6.07) is 1.49. The number of amides is 1. The Hall–Kier alpha value is -2.49. The Morgan fingerprint density at radius 3 is 2.22 bits per heavy atom. The molecule has 1 aromatic rings. The zero-order valence-corrected chi connectivity index (χ0v) is 13.5. The number of hydrogen-bond acceptors (Lipinski definition) is 6. The Balaban J connectivity index is 3.31. The zero-order chi connectivity index (χ0) is 17.9. The number of carbonyl (C=O) groups is 2. The van der Waals surface area contributed by atoms with Crippen molar-refractivity contribution in [2.24, 2.45) is 5.92 Å². The van der Waals surface area contributed by atoms with Crippen LogP contribution < -0.4 is 5.32 Å². The Labute approximate surface area is 132 Å². The molecule has 2 N–H and O–H groups in total. The summed E-state index contributed by atoms with van der Waals surface area (Å²) in [6.07, 6.45) is 0.849. The molecule has 126 valence electrons. The molecule has 1 amide bonds. The van der Waals surface area contributed by atoms with Gasteiger partial charge in [0.1, 0.15) is 6.04 Å². The molecule has 1 aromatic carbocycles. The molecule has 0 saturated carbocycles. The van der Waals surface area contributed by atoms with Gasteiger partial charge in [-0.3, -0.25) is 14.9 Å². The van der Waals surface area contributed by atoms with Crippen LogP contribution in [0.3, 0.4) is 0 Å². The lowest BCUT2D eigenvalue weighted by Gasteiger charge is -2.18. The summed E-state index contributed by atoms with van der Waals surface area (Å²) in [5, 5.41) is 22.1. The second kappa shape index (κ2) is 6.73. The molecule has 0 fully saturated rings. The molecule has 1 unspecified atom stereocenters. The lowest BCUT2D eigenvalue weighted by Crippen LogP contribution is -2.44. The molecule has 0 aliphatic heterocycles. The van der Waals surface area contributed by atoms with Crippen LogP contribution in [-0.4, -0.2) is 42.6 Å². The number of aliphatic carboxylic acids is 1. The van der Waals surface area contributed by atoms with Crippen molar-refractivity contribution in [1.29, 1.82) is 0 Å². The highest BCUT2D eigenvalue weighted by molar-refractivity contribution is 7.90. The number of carboxylic acids is 1. The van der Waals surface area contributed by atoms with Crippen LogP contribution in [0.5, 0.6) is 0 Å². The predicted octanol–water partition coefficient (Wildman–Crippen LogP) is 0.837. The van der Waals surface area contributed by atoms with Gasteiger partial charge in [0.05, 0.1) is 9.82 Å². The normalized spacial score (nSPS) is 12.7. The molecule has 1 atom stereocenters. The van der Waals surface area contributed by atoms with Crippen molar-refractivity contribution in [2.75, 3.05) is 6.26 Å². The van der Waals surface area contributed by atoms with Crippen molar-refractivity contribution < 1.29 is 28.0 Å². The smallest absolute Gasteiger partial charge is 0.326 e. The average Bonchev–Trinajstić information content (AvgIpc) is 2.42. The quantitative estimate of drug-likeness (QED) is 0.574. The van der Waals surface area contributed by atoms with Crippen LogP contribution in [0.1, 0.15) is 24.2 Å². The molecule has 0 heterocycles. The highest BCUT2D eigenvalue weighted by Crippen LogP contribution is 2.21. The minimum atomic E-state index is -3.78. The SMILES string of the molecule is CC(C)C(NC(=O)c1cc([N+](=O)[O-])cc(S(C)(=O)=O)c1)C(=O)O. The monoisotopic (exact) mass is 344 g/mol.